The Hall–Kier alpha value is -1.55. The second-order valence-electron chi connectivity index (χ2n) is 7.29. The van der Waals surface area contributed by atoms with E-state index in [0.717, 1.165) is 56.7 Å². The summed E-state index contributed by atoms with van der Waals surface area (Å²) in [7, 11) is 0. The smallest absolute Gasteiger partial charge is 0.240 e. The van der Waals surface area contributed by atoms with Gasteiger partial charge in [0, 0.05) is 13.0 Å². The van der Waals surface area contributed by atoms with Crippen molar-refractivity contribution in [2.45, 2.75) is 64.5 Å². The summed E-state index contributed by atoms with van der Waals surface area (Å²) in [5.74, 6) is 1.17. The lowest BCUT2D eigenvalue weighted by atomic mass is 9.87. The zero-order valence-corrected chi connectivity index (χ0v) is 15.1. The molecule has 0 bridgehead atoms. The predicted molar refractivity (Wildman–Crippen MR) is 96.2 cm³/mol. The normalized spacial score (nSPS) is 23.6. The topological polar surface area (TPSA) is 41.6 Å². The van der Waals surface area contributed by atoms with Gasteiger partial charge in [-0.3, -0.25) is 9.69 Å². The number of nitrogens with zero attached hydrogens (tertiary/aromatic N) is 1. The monoisotopic (exact) mass is 330 g/mol. The van der Waals surface area contributed by atoms with Crippen molar-refractivity contribution in [1.82, 2.24) is 10.2 Å². The summed E-state index contributed by atoms with van der Waals surface area (Å²) in [6, 6.07) is 6.25. The van der Waals surface area contributed by atoms with Gasteiger partial charge in [0.25, 0.3) is 0 Å². The molecule has 1 saturated heterocycles. The van der Waals surface area contributed by atoms with E-state index in [1.54, 1.807) is 0 Å². The van der Waals surface area contributed by atoms with E-state index in [0.29, 0.717) is 6.54 Å². The van der Waals surface area contributed by atoms with Gasteiger partial charge in [0.05, 0.1) is 12.1 Å². The van der Waals surface area contributed by atoms with E-state index >= 15 is 0 Å². The van der Waals surface area contributed by atoms with Crippen LogP contribution in [0.2, 0.25) is 0 Å². The number of hydrogen-bond acceptors (Lipinski definition) is 3. The van der Waals surface area contributed by atoms with E-state index in [1.807, 2.05) is 6.07 Å². The Kier molecular flexibility index (Phi) is 5.44. The molecule has 1 unspecified atom stereocenters. The average molecular weight is 330 g/mol. The van der Waals surface area contributed by atoms with E-state index in [2.05, 4.69) is 36.2 Å². The van der Waals surface area contributed by atoms with Crippen LogP contribution in [0.15, 0.2) is 18.2 Å². The van der Waals surface area contributed by atoms with Crippen LogP contribution in [0.3, 0.4) is 0 Å². The van der Waals surface area contributed by atoms with Gasteiger partial charge in [-0.1, -0.05) is 25.5 Å². The Morgan fingerprint density at radius 2 is 2.25 bits per heavy atom. The molecule has 1 N–H and O–H groups in total. The van der Waals surface area contributed by atoms with Gasteiger partial charge in [-0.15, -0.1) is 0 Å². The minimum absolute atomic E-state index is 0.176. The van der Waals surface area contributed by atoms with Crippen molar-refractivity contribution in [2.24, 2.45) is 0 Å². The first-order valence-electron chi connectivity index (χ1n) is 9.41. The summed E-state index contributed by atoms with van der Waals surface area (Å²) in [5.41, 5.74) is 2.06. The molecule has 0 saturated carbocycles. The fraction of sp³-hybridized carbons (Fsp3) is 0.650. The van der Waals surface area contributed by atoms with Crippen LogP contribution in [0.5, 0.6) is 5.75 Å². The number of nitrogens with one attached hydrogen (secondary N) is 1. The van der Waals surface area contributed by atoms with E-state index in [9.17, 15) is 4.79 Å². The van der Waals surface area contributed by atoms with Crippen LogP contribution in [0.4, 0.5) is 0 Å². The van der Waals surface area contributed by atoms with Crippen LogP contribution < -0.4 is 10.1 Å². The van der Waals surface area contributed by atoms with Crippen molar-refractivity contribution >= 4 is 5.91 Å². The molecule has 2 aliphatic heterocycles. The zero-order valence-electron chi connectivity index (χ0n) is 15.1. The fourth-order valence-corrected chi connectivity index (χ4v) is 3.86. The molecule has 4 nitrogen and oxygen atoms in total. The highest BCUT2D eigenvalue weighted by Gasteiger charge is 2.40. The molecule has 0 aliphatic carbocycles. The molecule has 0 spiro atoms. The lowest BCUT2D eigenvalue weighted by Crippen LogP contribution is -2.59. The number of piperidine rings is 1. The standard InChI is InChI=1S/C20H30N2O2/c1-3-4-11-22-12-6-5-10-20(22,2)19(23)21-15-16-7-8-18-17(14-16)9-13-24-18/h7-8,14H,3-6,9-13,15H2,1-2H3,(H,21,23). The number of amides is 1. The second-order valence-corrected chi connectivity index (χ2v) is 7.29. The lowest BCUT2D eigenvalue weighted by Gasteiger charge is -2.43. The number of ether oxygens (including phenoxy) is 1. The first-order chi connectivity index (χ1) is 11.6. The number of rotatable bonds is 6. The summed E-state index contributed by atoms with van der Waals surface area (Å²) in [4.78, 5) is 15.3. The third-order valence-corrected chi connectivity index (χ3v) is 5.52. The third kappa shape index (κ3) is 3.59. The molecule has 132 valence electrons. The first kappa shape index (κ1) is 17.3. The molecular formula is C20H30N2O2. The van der Waals surface area contributed by atoms with Crippen LogP contribution in [0.25, 0.3) is 0 Å². The molecule has 3 rings (SSSR count). The minimum Gasteiger partial charge on any atom is -0.493 e. The molecule has 0 radical (unpaired) electrons. The number of benzene rings is 1. The van der Waals surface area contributed by atoms with E-state index in [1.165, 1.54) is 18.4 Å². The lowest BCUT2D eigenvalue weighted by molar-refractivity contribution is -0.135. The molecule has 2 heterocycles. The maximum absolute atomic E-state index is 12.9. The molecule has 1 aromatic rings. The molecule has 1 aromatic carbocycles. The van der Waals surface area contributed by atoms with Gasteiger partial charge in [-0.2, -0.15) is 0 Å². The van der Waals surface area contributed by atoms with Crippen molar-refractivity contribution in [3.8, 4) is 5.75 Å². The number of carbonyl (C=O) groups excluding carboxylic acids is 1. The number of unbranched alkanes of at least 4 members (excludes halogenated alkanes) is 1. The summed E-state index contributed by atoms with van der Waals surface area (Å²) in [6.45, 7) is 7.77. The largest absolute Gasteiger partial charge is 0.493 e. The summed E-state index contributed by atoms with van der Waals surface area (Å²) < 4.78 is 5.55. The van der Waals surface area contributed by atoms with Crippen molar-refractivity contribution in [2.75, 3.05) is 19.7 Å². The Morgan fingerprint density at radius 3 is 3.08 bits per heavy atom. The highest BCUT2D eigenvalue weighted by atomic mass is 16.5. The van der Waals surface area contributed by atoms with Crippen molar-refractivity contribution < 1.29 is 9.53 Å². The molecule has 1 atom stereocenters. The quantitative estimate of drug-likeness (QED) is 0.870. The Balaban J connectivity index is 1.62. The van der Waals surface area contributed by atoms with E-state index in [4.69, 9.17) is 4.74 Å². The van der Waals surface area contributed by atoms with E-state index < -0.39 is 0 Å². The van der Waals surface area contributed by atoms with Gasteiger partial charge in [0.15, 0.2) is 0 Å². The minimum atomic E-state index is -0.354. The van der Waals surface area contributed by atoms with Gasteiger partial charge in [0.2, 0.25) is 5.91 Å². The Bertz CT molecular complexity index is 587. The second kappa shape index (κ2) is 7.56. The Morgan fingerprint density at radius 1 is 1.38 bits per heavy atom. The highest BCUT2D eigenvalue weighted by Crippen LogP contribution is 2.29. The summed E-state index contributed by atoms with van der Waals surface area (Å²) in [6.07, 6.45) is 6.61. The van der Waals surface area contributed by atoms with Crippen LogP contribution in [0.1, 0.15) is 57.1 Å². The number of carbonyl (C=O) groups is 1. The molecule has 0 aromatic heterocycles. The van der Waals surface area contributed by atoms with Crippen LogP contribution in [0, 0.1) is 0 Å². The SMILES string of the molecule is CCCCN1CCCCC1(C)C(=O)NCc1ccc2c(c1)CCO2. The van der Waals surface area contributed by atoms with Gasteiger partial charge < -0.3 is 10.1 Å². The molecular weight excluding hydrogens is 300 g/mol. The summed E-state index contributed by atoms with van der Waals surface area (Å²) in [5, 5.41) is 3.19. The van der Waals surface area contributed by atoms with Crippen LogP contribution in [-0.2, 0) is 17.8 Å². The number of fused-ring (bicyclic) bond motifs is 1. The molecule has 24 heavy (non-hydrogen) atoms. The van der Waals surface area contributed by atoms with Crippen molar-refractivity contribution in [3.63, 3.8) is 0 Å². The third-order valence-electron chi connectivity index (χ3n) is 5.52. The van der Waals surface area contributed by atoms with Gasteiger partial charge in [-0.25, -0.2) is 0 Å². The summed E-state index contributed by atoms with van der Waals surface area (Å²) >= 11 is 0. The highest BCUT2D eigenvalue weighted by molar-refractivity contribution is 5.86. The maximum Gasteiger partial charge on any atom is 0.240 e. The average Bonchev–Trinajstić information content (AvgIpc) is 3.06. The molecule has 4 heteroatoms. The Labute approximate surface area is 145 Å². The zero-order chi connectivity index (χ0) is 17.0. The van der Waals surface area contributed by atoms with Gasteiger partial charge >= 0.3 is 0 Å². The molecule has 2 aliphatic rings. The predicted octanol–water partition coefficient (Wildman–Crippen LogP) is 3.28. The fourth-order valence-electron chi connectivity index (χ4n) is 3.86. The van der Waals surface area contributed by atoms with Crippen LogP contribution in [-0.4, -0.2) is 36.0 Å². The van der Waals surface area contributed by atoms with Crippen molar-refractivity contribution in [1.29, 1.82) is 0 Å². The maximum atomic E-state index is 12.9. The van der Waals surface area contributed by atoms with Gasteiger partial charge in [-0.05, 0) is 62.9 Å². The first-order valence-corrected chi connectivity index (χ1v) is 9.41. The van der Waals surface area contributed by atoms with Gasteiger partial charge in [0.1, 0.15) is 5.75 Å². The van der Waals surface area contributed by atoms with Crippen molar-refractivity contribution in [3.05, 3.63) is 29.3 Å². The number of likely N-dealkylation sites (tertiary alicyclic amines) is 1. The molecule has 1 fully saturated rings. The van der Waals surface area contributed by atoms with E-state index in [-0.39, 0.29) is 11.4 Å². The number of hydrogen-bond donors (Lipinski definition) is 1. The molecule has 1 amide bonds. The van der Waals surface area contributed by atoms with Crippen LogP contribution >= 0.6 is 0 Å².